The molecule has 0 saturated carbocycles. The van der Waals surface area contributed by atoms with Crippen LogP contribution in [0.2, 0.25) is 5.02 Å². The molecule has 0 unspecified atom stereocenters. The zero-order valence-corrected chi connectivity index (χ0v) is 15.4. The van der Waals surface area contributed by atoms with Crippen LogP contribution in [0.3, 0.4) is 0 Å². The number of anilines is 2. The third kappa shape index (κ3) is 4.15. The van der Waals surface area contributed by atoms with Gasteiger partial charge in [-0.1, -0.05) is 23.7 Å². The topological polar surface area (TPSA) is 54.7 Å². The van der Waals surface area contributed by atoms with E-state index in [1.165, 1.54) is 0 Å². The van der Waals surface area contributed by atoms with E-state index in [0.29, 0.717) is 10.8 Å². The molecule has 3 aromatic rings. The van der Waals surface area contributed by atoms with Crippen LogP contribution < -0.4 is 10.2 Å². The zero-order chi connectivity index (χ0) is 18.6. The first-order valence-electron chi connectivity index (χ1n) is 8.79. The average molecular weight is 383 g/mol. The molecule has 1 aliphatic heterocycles. The van der Waals surface area contributed by atoms with Crippen LogP contribution in [-0.4, -0.2) is 32.2 Å². The van der Waals surface area contributed by atoms with Crippen LogP contribution in [0.15, 0.2) is 65.1 Å². The molecule has 1 N–H and O–H groups in total. The summed E-state index contributed by atoms with van der Waals surface area (Å²) >= 11 is 6.01. The summed E-state index contributed by atoms with van der Waals surface area (Å²) in [6.45, 7) is 3.24. The summed E-state index contributed by atoms with van der Waals surface area (Å²) in [5.41, 5.74) is 2.67. The summed E-state index contributed by atoms with van der Waals surface area (Å²) in [6, 6.07) is 18.5. The van der Waals surface area contributed by atoms with Crippen LogP contribution in [0.1, 0.15) is 10.6 Å². The number of carbonyl (C=O) groups is 1. The Balaban J connectivity index is 1.43. The van der Waals surface area contributed by atoms with Gasteiger partial charge in [0.05, 0.1) is 13.2 Å². The number of hydrogen-bond donors (Lipinski definition) is 1. The second kappa shape index (κ2) is 7.86. The van der Waals surface area contributed by atoms with Gasteiger partial charge in [-0.2, -0.15) is 0 Å². The van der Waals surface area contributed by atoms with Crippen molar-refractivity contribution in [2.75, 3.05) is 36.5 Å². The molecule has 4 rings (SSSR count). The predicted molar refractivity (Wildman–Crippen MR) is 107 cm³/mol. The molecular formula is C21H19ClN2O3. The number of hydrogen-bond acceptors (Lipinski definition) is 4. The molecule has 0 atom stereocenters. The first-order chi connectivity index (χ1) is 13.2. The fraction of sp³-hybridized carbons (Fsp3) is 0.190. The van der Waals surface area contributed by atoms with Crippen LogP contribution >= 0.6 is 11.6 Å². The van der Waals surface area contributed by atoms with Crippen LogP contribution in [-0.2, 0) is 4.74 Å². The molecule has 27 heavy (non-hydrogen) atoms. The Hall–Kier alpha value is -2.76. The largest absolute Gasteiger partial charge is 0.451 e. The number of nitrogens with one attached hydrogen (secondary N) is 1. The Morgan fingerprint density at radius 2 is 1.78 bits per heavy atom. The second-order valence-corrected chi connectivity index (χ2v) is 6.71. The normalized spacial score (nSPS) is 14.2. The highest BCUT2D eigenvalue weighted by Crippen LogP contribution is 2.25. The lowest BCUT2D eigenvalue weighted by atomic mass is 10.2. The molecule has 1 fully saturated rings. The smallest absolute Gasteiger partial charge is 0.291 e. The molecule has 2 aromatic carbocycles. The molecule has 0 spiro atoms. The van der Waals surface area contributed by atoms with Gasteiger partial charge in [0.2, 0.25) is 0 Å². The number of carbonyl (C=O) groups excluding carboxylic acids is 1. The molecule has 0 radical (unpaired) electrons. The molecular weight excluding hydrogens is 364 g/mol. The standard InChI is InChI=1S/C21H19ClN2O3/c22-16-3-1-2-15(14-16)19-8-9-20(27-19)21(25)23-17-4-6-18(7-5-17)24-10-12-26-13-11-24/h1-9,14H,10-13H2,(H,23,25). The Morgan fingerprint density at radius 3 is 2.52 bits per heavy atom. The van der Waals surface area contributed by atoms with Gasteiger partial charge in [-0.05, 0) is 48.5 Å². The van der Waals surface area contributed by atoms with Crippen molar-refractivity contribution in [2.24, 2.45) is 0 Å². The van der Waals surface area contributed by atoms with Crippen LogP contribution in [0.5, 0.6) is 0 Å². The van der Waals surface area contributed by atoms with Crippen molar-refractivity contribution in [3.63, 3.8) is 0 Å². The monoisotopic (exact) mass is 382 g/mol. The van der Waals surface area contributed by atoms with E-state index in [9.17, 15) is 4.79 Å². The molecule has 2 heterocycles. The molecule has 6 heteroatoms. The van der Waals surface area contributed by atoms with Crippen molar-refractivity contribution in [1.82, 2.24) is 0 Å². The summed E-state index contributed by atoms with van der Waals surface area (Å²) in [5.74, 6) is 0.565. The van der Waals surface area contributed by atoms with E-state index in [-0.39, 0.29) is 11.7 Å². The van der Waals surface area contributed by atoms with E-state index in [2.05, 4.69) is 10.2 Å². The molecule has 0 bridgehead atoms. The molecule has 1 amide bonds. The third-order valence-electron chi connectivity index (χ3n) is 4.44. The van der Waals surface area contributed by atoms with Gasteiger partial charge in [0.1, 0.15) is 5.76 Å². The summed E-state index contributed by atoms with van der Waals surface area (Å²) in [7, 11) is 0. The van der Waals surface area contributed by atoms with Gasteiger partial charge in [0.15, 0.2) is 5.76 Å². The lowest BCUT2D eigenvalue weighted by Gasteiger charge is -2.28. The number of benzene rings is 2. The molecule has 0 aliphatic carbocycles. The van der Waals surface area contributed by atoms with Gasteiger partial charge in [-0.15, -0.1) is 0 Å². The highest BCUT2D eigenvalue weighted by atomic mass is 35.5. The van der Waals surface area contributed by atoms with E-state index >= 15 is 0 Å². The van der Waals surface area contributed by atoms with E-state index in [4.69, 9.17) is 20.8 Å². The van der Waals surface area contributed by atoms with E-state index in [0.717, 1.165) is 43.2 Å². The maximum atomic E-state index is 12.5. The van der Waals surface area contributed by atoms with Crippen molar-refractivity contribution in [2.45, 2.75) is 0 Å². The van der Waals surface area contributed by atoms with Crippen LogP contribution in [0.25, 0.3) is 11.3 Å². The van der Waals surface area contributed by atoms with E-state index in [1.54, 1.807) is 24.3 Å². The Labute approximate surface area is 162 Å². The highest BCUT2D eigenvalue weighted by molar-refractivity contribution is 6.30. The van der Waals surface area contributed by atoms with Gasteiger partial charge >= 0.3 is 0 Å². The minimum atomic E-state index is -0.289. The fourth-order valence-electron chi connectivity index (χ4n) is 3.03. The first-order valence-corrected chi connectivity index (χ1v) is 9.17. The fourth-order valence-corrected chi connectivity index (χ4v) is 3.22. The van der Waals surface area contributed by atoms with Gasteiger partial charge in [0.25, 0.3) is 5.91 Å². The summed E-state index contributed by atoms with van der Waals surface area (Å²) in [5, 5.41) is 3.48. The number of halogens is 1. The maximum Gasteiger partial charge on any atom is 0.291 e. The van der Waals surface area contributed by atoms with Gasteiger partial charge in [0, 0.05) is 35.1 Å². The quantitative estimate of drug-likeness (QED) is 0.711. The predicted octanol–water partition coefficient (Wildman–Crippen LogP) is 4.69. The first kappa shape index (κ1) is 17.6. The van der Waals surface area contributed by atoms with Crippen molar-refractivity contribution >= 4 is 28.9 Å². The number of ether oxygens (including phenoxy) is 1. The maximum absolute atomic E-state index is 12.5. The lowest BCUT2D eigenvalue weighted by Crippen LogP contribution is -2.36. The van der Waals surface area contributed by atoms with Gasteiger partial charge in [-0.3, -0.25) is 4.79 Å². The molecule has 1 aromatic heterocycles. The third-order valence-corrected chi connectivity index (χ3v) is 4.68. The SMILES string of the molecule is O=C(Nc1ccc(N2CCOCC2)cc1)c1ccc(-c2cccc(Cl)c2)o1. The van der Waals surface area contributed by atoms with Gasteiger partial charge in [-0.25, -0.2) is 0 Å². The zero-order valence-electron chi connectivity index (χ0n) is 14.7. The van der Waals surface area contributed by atoms with E-state index < -0.39 is 0 Å². The minimum Gasteiger partial charge on any atom is -0.451 e. The van der Waals surface area contributed by atoms with Crippen molar-refractivity contribution < 1.29 is 13.9 Å². The number of morpholine rings is 1. The van der Waals surface area contributed by atoms with Crippen LogP contribution in [0, 0.1) is 0 Å². The molecule has 138 valence electrons. The van der Waals surface area contributed by atoms with Gasteiger partial charge < -0.3 is 19.4 Å². The van der Waals surface area contributed by atoms with Crippen LogP contribution in [0.4, 0.5) is 11.4 Å². The highest BCUT2D eigenvalue weighted by Gasteiger charge is 2.14. The van der Waals surface area contributed by atoms with Crippen molar-refractivity contribution in [1.29, 1.82) is 0 Å². The molecule has 1 saturated heterocycles. The Kier molecular flexibility index (Phi) is 5.14. The molecule has 5 nitrogen and oxygen atoms in total. The van der Waals surface area contributed by atoms with Crippen molar-refractivity contribution in [3.05, 3.63) is 71.4 Å². The minimum absolute atomic E-state index is 0.252. The van der Waals surface area contributed by atoms with E-state index in [1.807, 2.05) is 36.4 Å². The number of rotatable bonds is 4. The second-order valence-electron chi connectivity index (χ2n) is 6.27. The number of nitrogens with zero attached hydrogens (tertiary/aromatic N) is 1. The molecule has 1 aliphatic rings. The number of amides is 1. The Morgan fingerprint density at radius 1 is 1.00 bits per heavy atom. The Bertz CT molecular complexity index is 931. The summed E-state index contributed by atoms with van der Waals surface area (Å²) in [4.78, 5) is 14.7. The lowest BCUT2D eigenvalue weighted by molar-refractivity contribution is 0.0997. The summed E-state index contributed by atoms with van der Waals surface area (Å²) < 4.78 is 11.1. The summed E-state index contributed by atoms with van der Waals surface area (Å²) in [6.07, 6.45) is 0. The number of furan rings is 1. The average Bonchev–Trinajstić information content (AvgIpc) is 3.20. The van der Waals surface area contributed by atoms with Crippen molar-refractivity contribution in [3.8, 4) is 11.3 Å².